The van der Waals surface area contributed by atoms with E-state index in [0.29, 0.717) is 0 Å². The summed E-state index contributed by atoms with van der Waals surface area (Å²) < 4.78 is -0.145. The van der Waals surface area contributed by atoms with E-state index in [1.165, 1.54) is 11.1 Å². The first-order valence-corrected chi connectivity index (χ1v) is 5.69. The summed E-state index contributed by atoms with van der Waals surface area (Å²) in [5.41, 5.74) is 6.54. The quantitative estimate of drug-likeness (QED) is 0.536. The van der Waals surface area contributed by atoms with E-state index in [-0.39, 0.29) is 4.70 Å². The molecule has 0 spiro atoms. The minimum Gasteiger partial charge on any atom is -0.151 e. The van der Waals surface area contributed by atoms with Crippen LogP contribution in [0.4, 0.5) is 11.4 Å². The smallest absolute Gasteiger partial charge is 0.151 e. The fourth-order valence-electron chi connectivity index (χ4n) is 2.48. The van der Waals surface area contributed by atoms with Gasteiger partial charge >= 0.3 is 0 Å². The minimum absolute atomic E-state index is 0.145. The first-order valence-electron chi connectivity index (χ1n) is 5.69. The van der Waals surface area contributed by atoms with Crippen molar-refractivity contribution in [3.63, 3.8) is 0 Å². The highest BCUT2D eigenvalue weighted by Crippen LogP contribution is 2.48. The van der Waals surface area contributed by atoms with Gasteiger partial charge in [0.1, 0.15) is 0 Å². The second kappa shape index (κ2) is 3.17. The maximum atomic E-state index is 6.25. The van der Waals surface area contributed by atoms with Crippen molar-refractivity contribution in [1.29, 1.82) is 0 Å². The monoisotopic (exact) mass is 226 g/mol. The Morgan fingerprint density at radius 1 is 0.765 bits per heavy atom. The third-order valence-electron chi connectivity index (χ3n) is 3.39. The van der Waals surface area contributed by atoms with Crippen LogP contribution in [0.15, 0.2) is 36.4 Å². The van der Waals surface area contributed by atoms with E-state index in [2.05, 4.69) is 50.2 Å². The van der Waals surface area contributed by atoms with Crippen molar-refractivity contribution in [2.75, 3.05) is 0 Å². The van der Waals surface area contributed by atoms with E-state index in [1.54, 1.807) is 0 Å². The molecule has 3 heteroatoms. The van der Waals surface area contributed by atoms with Gasteiger partial charge in [0, 0.05) is 12.1 Å². The summed E-state index contributed by atoms with van der Waals surface area (Å²) in [5, 5.41) is 0. The molecule has 0 saturated carbocycles. The van der Waals surface area contributed by atoms with Gasteiger partial charge in [-0.2, -0.15) is 11.7 Å². The molecule has 2 aromatic carbocycles. The summed E-state index contributed by atoms with van der Waals surface area (Å²) in [6, 6.07) is 12.5. The van der Waals surface area contributed by atoms with Crippen molar-refractivity contribution < 1.29 is 0 Å². The highest BCUT2D eigenvalue weighted by atomic mass is 15.8. The number of nitrogens with zero attached hydrogens (tertiary/aromatic N) is 1. The third kappa shape index (κ3) is 1.34. The van der Waals surface area contributed by atoms with Crippen molar-refractivity contribution in [2.45, 2.75) is 13.8 Å². The Hall–Kier alpha value is -1.68. The van der Waals surface area contributed by atoms with Crippen molar-refractivity contribution in [2.24, 2.45) is 11.7 Å². The number of benzene rings is 2. The fraction of sp³-hybridized carbons (Fsp3) is 0.143. The number of hydrogen-bond donors (Lipinski definition) is 2. The van der Waals surface area contributed by atoms with Gasteiger partial charge in [-0.05, 0) is 37.1 Å². The topological polar surface area (TPSA) is 52.0 Å². The molecular formula is C14H16N3+. The van der Waals surface area contributed by atoms with Crippen LogP contribution in [-0.2, 0) is 0 Å². The first-order chi connectivity index (χ1) is 8.00. The fourth-order valence-corrected chi connectivity index (χ4v) is 2.48. The molecule has 1 heterocycles. The molecule has 0 aliphatic carbocycles. The predicted molar refractivity (Wildman–Crippen MR) is 71.2 cm³/mol. The van der Waals surface area contributed by atoms with Crippen LogP contribution in [-0.4, -0.2) is 0 Å². The molecule has 17 heavy (non-hydrogen) atoms. The van der Waals surface area contributed by atoms with Crippen LogP contribution in [0.3, 0.4) is 0 Å². The van der Waals surface area contributed by atoms with Crippen molar-refractivity contribution in [3.8, 4) is 11.1 Å². The van der Waals surface area contributed by atoms with E-state index in [4.69, 9.17) is 11.7 Å². The summed E-state index contributed by atoms with van der Waals surface area (Å²) in [4.78, 5) is 0. The average Bonchev–Trinajstić information content (AvgIpc) is 2.49. The van der Waals surface area contributed by atoms with Crippen LogP contribution in [0, 0.1) is 13.8 Å². The zero-order chi connectivity index (χ0) is 12.2. The van der Waals surface area contributed by atoms with E-state index in [0.717, 1.165) is 22.5 Å². The van der Waals surface area contributed by atoms with Crippen LogP contribution < -0.4 is 16.4 Å². The van der Waals surface area contributed by atoms with Gasteiger partial charge in [0.05, 0.1) is 11.1 Å². The molecule has 0 radical (unpaired) electrons. The van der Waals surface area contributed by atoms with Gasteiger partial charge in [-0.3, -0.25) is 0 Å². The lowest BCUT2D eigenvalue weighted by Gasteiger charge is -2.21. The third-order valence-corrected chi connectivity index (χ3v) is 3.39. The summed E-state index contributed by atoms with van der Waals surface area (Å²) in [5.74, 6) is 12.5. The second-order valence-corrected chi connectivity index (χ2v) is 4.82. The summed E-state index contributed by atoms with van der Waals surface area (Å²) in [7, 11) is 0. The largest absolute Gasteiger partial charge is 0.185 e. The Kier molecular flexibility index (Phi) is 1.95. The maximum Gasteiger partial charge on any atom is 0.185 e. The van der Waals surface area contributed by atoms with Gasteiger partial charge < -0.3 is 0 Å². The minimum atomic E-state index is -0.145. The lowest BCUT2D eigenvalue weighted by Crippen LogP contribution is -2.56. The Balaban J connectivity index is 2.37. The van der Waals surface area contributed by atoms with Crippen molar-refractivity contribution in [1.82, 2.24) is 4.70 Å². The Morgan fingerprint density at radius 2 is 1.18 bits per heavy atom. The van der Waals surface area contributed by atoms with Crippen LogP contribution in [0.5, 0.6) is 0 Å². The molecule has 1 aliphatic heterocycles. The van der Waals surface area contributed by atoms with Crippen molar-refractivity contribution >= 4 is 11.4 Å². The van der Waals surface area contributed by atoms with Crippen molar-refractivity contribution in [3.05, 3.63) is 47.5 Å². The lowest BCUT2D eigenvalue weighted by molar-refractivity contribution is 0.427. The molecule has 86 valence electrons. The standard InChI is InChI=1S/C14H16N3/c1-9-3-5-11-12-6-4-10(2)8-14(12)17(15,16)13(11)7-9/h3-8H,15-16H2,1-2H3/q+1. The number of hydrogen-bond acceptors (Lipinski definition) is 2. The molecule has 2 aromatic rings. The number of fused-ring (bicyclic) bond motifs is 3. The van der Waals surface area contributed by atoms with Crippen LogP contribution >= 0.6 is 0 Å². The van der Waals surface area contributed by atoms with E-state index < -0.39 is 0 Å². The Morgan fingerprint density at radius 3 is 1.59 bits per heavy atom. The average molecular weight is 226 g/mol. The zero-order valence-corrected chi connectivity index (χ0v) is 10.1. The summed E-state index contributed by atoms with van der Waals surface area (Å²) in [6.07, 6.45) is 0. The SMILES string of the molecule is Cc1ccc2c(c1)[N+](N)(N)c1cc(C)ccc1-2. The predicted octanol–water partition coefficient (Wildman–Crippen LogP) is 2.67. The van der Waals surface area contributed by atoms with Gasteiger partial charge in [-0.1, -0.05) is 12.1 Å². The van der Waals surface area contributed by atoms with E-state index in [1.807, 2.05) is 0 Å². The molecule has 0 amide bonds. The molecule has 0 fully saturated rings. The molecule has 4 N–H and O–H groups in total. The molecular weight excluding hydrogens is 210 g/mol. The summed E-state index contributed by atoms with van der Waals surface area (Å²) >= 11 is 0. The highest BCUT2D eigenvalue weighted by molar-refractivity contribution is 5.94. The molecule has 3 nitrogen and oxygen atoms in total. The van der Waals surface area contributed by atoms with Gasteiger partial charge in [0.2, 0.25) is 0 Å². The molecule has 0 saturated heterocycles. The van der Waals surface area contributed by atoms with Gasteiger partial charge in [0.15, 0.2) is 11.4 Å². The van der Waals surface area contributed by atoms with Crippen LogP contribution in [0.25, 0.3) is 11.1 Å². The Bertz CT molecular complexity index is 561. The zero-order valence-electron chi connectivity index (χ0n) is 10.1. The maximum absolute atomic E-state index is 6.25. The summed E-state index contributed by atoms with van der Waals surface area (Å²) in [6.45, 7) is 4.10. The van der Waals surface area contributed by atoms with Gasteiger partial charge in [-0.15, -0.1) is 4.70 Å². The highest BCUT2D eigenvalue weighted by Gasteiger charge is 2.39. The Labute approximate surface area is 101 Å². The molecule has 1 aliphatic rings. The first kappa shape index (κ1) is 10.5. The molecule has 0 unspecified atom stereocenters. The van der Waals surface area contributed by atoms with Gasteiger partial charge in [0.25, 0.3) is 0 Å². The van der Waals surface area contributed by atoms with Crippen LogP contribution in [0.1, 0.15) is 11.1 Å². The van der Waals surface area contributed by atoms with Gasteiger partial charge in [-0.25, -0.2) is 0 Å². The lowest BCUT2D eigenvalue weighted by atomic mass is 10.0. The molecule has 0 atom stereocenters. The number of rotatable bonds is 0. The van der Waals surface area contributed by atoms with E-state index >= 15 is 0 Å². The number of quaternary nitrogens is 1. The van der Waals surface area contributed by atoms with Crippen LogP contribution in [0.2, 0.25) is 0 Å². The number of aryl methyl sites for hydroxylation is 2. The second-order valence-electron chi connectivity index (χ2n) is 4.82. The molecule has 0 aromatic heterocycles. The molecule has 3 rings (SSSR count). The molecule has 0 bridgehead atoms. The normalized spacial score (nSPS) is 15.5. The number of nitrogens with two attached hydrogens (primary N) is 2. The van der Waals surface area contributed by atoms with E-state index in [9.17, 15) is 0 Å².